The molecule has 0 saturated carbocycles. The molecule has 1 heterocycles. The molecule has 2 aromatic rings. The van der Waals surface area contributed by atoms with Gasteiger partial charge in [-0.1, -0.05) is 102 Å². The van der Waals surface area contributed by atoms with Crippen LogP contribution in [0.3, 0.4) is 0 Å². The smallest absolute Gasteiger partial charge is 0.224 e. The molecule has 3 heteroatoms. The number of hydrogen-bond acceptors (Lipinski definition) is 2. The molecule has 3 nitrogen and oxygen atoms in total. The summed E-state index contributed by atoms with van der Waals surface area (Å²) in [4.78, 5) is 17.6. The molecule has 0 bridgehead atoms. The van der Waals surface area contributed by atoms with Gasteiger partial charge in [0.05, 0.1) is 11.2 Å². The Morgan fingerprint density at radius 3 is 2.09 bits per heavy atom. The molecule has 1 aliphatic rings. The summed E-state index contributed by atoms with van der Waals surface area (Å²) in [6.07, 6.45) is 22.4. The normalized spacial score (nSPS) is 13.3. The first-order valence-electron chi connectivity index (χ1n) is 13.5. The van der Waals surface area contributed by atoms with E-state index in [0.717, 1.165) is 35.9 Å². The first kappa shape index (κ1) is 24.7. The summed E-state index contributed by atoms with van der Waals surface area (Å²) in [6, 6.07) is 8.23. The number of nitrogens with one attached hydrogen (secondary N) is 1. The summed E-state index contributed by atoms with van der Waals surface area (Å²) < 4.78 is 0. The van der Waals surface area contributed by atoms with Gasteiger partial charge in [0.1, 0.15) is 0 Å². The third kappa shape index (κ3) is 7.90. The van der Waals surface area contributed by atoms with Crippen molar-refractivity contribution in [3.8, 4) is 0 Å². The number of unbranched alkanes of at least 4 members (excludes halogenated alkanes) is 12. The Kier molecular flexibility index (Phi) is 11.0. The van der Waals surface area contributed by atoms with Crippen LogP contribution in [0.25, 0.3) is 10.9 Å². The molecule has 1 N–H and O–H groups in total. The first-order chi connectivity index (χ1) is 15.8. The number of aromatic nitrogens is 1. The molecule has 1 amide bonds. The molecule has 1 aromatic heterocycles. The van der Waals surface area contributed by atoms with E-state index in [2.05, 4.69) is 24.4 Å². The van der Waals surface area contributed by atoms with Crippen LogP contribution in [-0.4, -0.2) is 10.9 Å². The van der Waals surface area contributed by atoms with Gasteiger partial charge in [-0.15, -0.1) is 0 Å². The predicted molar refractivity (Wildman–Crippen MR) is 137 cm³/mol. The van der Waals surface area contributed by atoms with E-state index in [1.54, 1.807) is 0 Å². The minimum atomic E-state index is 0.164. The minimum absolute atomic E-state index is 0.164. The summed E-state index contributed by atoms with van der Waals surface area (Å²) in [5.74, 6) is 0.164. The standard InChI is InChI=1S/C29H44N2O/c1-2-3-4-5-6-7-8-9-10-11-12-13-14-23-28(32)31-29-24-19-15-17-21-26(24)30-27-22-18-16-20-25(27)29/h15,17,19,21H,2-14,16,18,20,22-23H2,1H3,(H,30,31,32). The Labute approximate surface area is 195 Å². The number of nitrogens with zero attached hydrogens (tertiary/aromatic N) is 1. The van der Waals surface area contributed by atoms with E-state index in [0.29, 0.717) is 6.42 Å². The largest absolute Gasteiger partial charge is 0.325 e. The number of carbonyl (C=O) groups is 1. The molecule has 0 saturated heterocycles. The topological polar surface area (TPSA) is 42.0 Å². The van der Waals surface area contributed by atoms with Gasteiger partial charge in [-0.3, -0.25) is 9.78 Å². The third-order valence-corrected chi connectivity index (χ3v) is 6.94. The van der Waals surface area contributed by atoms with E-state index in [-0.39, 0.29) is 5.91 Å². The summed E-state index contributed by atoms with van der Waals surface area (Å²) in [5, 5.41) is 4.37. The number of hydrogen-bond donors (Lipinski definition) is 1. The van der Waals surface area contributed by atoms with Gasteiger partial charge in [0.2, 0.25) is 5.91 Å². The van der Waals surface area contributed by atoms with Gasteiger partial charge in [0.25, 0.3) is 0 Å². The highest BCUT2D eigenvalue weighted by molar-refractivity contribution is 6.02. The number of fused-ring (bicyclic) bond motifs is 2. The average Bonchev–Trinajstić information content (AvgIpc) is 2.82. The van der Waals surface area contributed by atoms with Crippen molar-refractivity contribution in [3.63, 3.8) is 0 Å². The first-order valence-corrected chi connectivity index (χ1v) is 13.5. The van der Waals surface area contributed by atoms with E-state index in [9.17, 15) is 4.79 Å². The van der Waals surface area contributed by atoms with E-state index in [4.69, 9.17) is 4.98 Å². The average molecular weight is 437 g/mol. The molecule has 0 fully saturated rings. The predicted octanol–water partition coefficient (Wildman–Crippen LogP) is 8.53. The number of anilines is 1. The third-order valence-electron chi connectivity index (χ3n) is 6.94. The SMILES string of the molecule is CCCCCCCCCCCCCCCC(=O)Nc1c2c(nc3ccccc13)CCCC2. The van der Waals surface area contributed by atoms with Gasteiger partial charge in [-0.05, 0) is 43.7 Å². The zero-order valence-corrected chi connectivity index (χ0v) is 20.4. The fourth-order valence-corrected chi connectivity index (χ4v) is 5.02. The molecule has 32 heavy (non-hydrogen) atoms. The molecule has 176 valence electrons. The molecule has 0 atom stereocenters. The highest BCUT2D eigenvalue weighted by atomic mass is 16.1. The lowest BCUT2D eigenvalue weighted by Gasteiger charge is -2.21. The van der Waals surface area contributed by atoms with Crippen molar-refractivity contribution in [1.82, 2.24) is 4.98 Å². The van der Waals surface area contributed by atoms with E-state index >= 15 is 0 Å². The quantitative estimate of drug-likeness (QED) is 0.284. The summed E-state index contributed by atoms with van der Waals surface area (Å²) in [6.45, 7) is 2.28. The molecular weight excluding hydrogens is 392 g/mol. The maximum absolute atomic E-state index is 12.7. The zero-order chi connectivity index (χ0) is 22.4. The summed E-state index contributed by atoms with van der Waals surface area (Å²) in [5.41, 5.74) is 4.49. The fourth-order valence-electron chi connectivity index (χ4n) is 5.02. The summed E-state index contributed by atoms with van der Waals surface area (Å²) in [7, 11) is 0. The minimum Gasteiger partial charge on any atom is -0.325 e. The Balaban J connectivity index is 1.32. The number of rotatable bonds is 15. The molecule has 0 radical (unpaired) electrons. The second-order valence-corrected chi connectivity index (χ2v) is 9.68. The van der Waals surface area contributed by atoms with Crippen molar-refractivity contribution in [2.24, 2.45) is 0 Å². The van der Waals surface area contributed by atoms with Crippen molar-refractivity contribution in [2.45, 2.75) is 122 Å². The second-order valence-electron chi connectivity index (χ2n) is 9.68. The molecule has 1 aromatic carbocycles. The van der Waals surface area contributed by atoms with Crippen molar-refractivity contribution in [3.05, 3.63) is 35.5 Å². The van der Waals surface area contributed by atoms with Crippen LogP contribution in [0.4, 0.5) is 5.69 Å². The van der Waals surface area contributed by atoms with Crippen molar-refractivity contribution >= 4 is 22.5 Å². The molecule has 1 aliphatic carbocycles. The Bertz CT molecular complexity index is 829. The van der Waals surface area contributed by atoms with Crippen LogP contribution in [-0.2, 0) is 17.6 Å². The molecule has 0 spiro atoms. The molecular formula is C29H44N2O. The van der Waals surface area contributed by atoms with Crippen LogP contribution in [0.15, 0.2) is 24.3 Å². The second kappa shape index (κ2) is 14.3. The van der Waals surface area contributed by atoms with Crippen LogP contribution in [0.2, 0.25) is 0 Å². The Morgan fingerprint density at radius 1 is 0.812 bits per heavy atom. The fraction of sp³-hybridized carbons (Fsp3) is 0.655. The van der Waals surface area contributed by atoms with Gasteiger partial charge in [-0.2, -0.15) is 0 Å². The van der Waals surface area contributed by atoms with Crippen LogP contribution >= 0.6 is 0 Å². The lowest BCUT2D eigenvalue weighted by atomic mass is 9.92. The monoisotopic (exact) mass is 436 g/mol. The van der Waals surface area contributed by atoms with Crippen LogP contribution in [0.5, 0.6) is 0 Å². The van der Waals surface area contributed by atoms with Crippen LogP contribution < -0.4 is 5.32 Å². The maximum Gasteiger partial charge on any atom is 0.224 e. The highest BCUT2D eigenvalue weighted by Crippen LogP contribution is 2.33. The maximum atomic E-state index is 12.7. The van der Waals surface area contributed by atoms with E-state index < -0.39 is 0 Å². The van der Waals surface area contributed by atoms with Gasteiger partial charge in [0, 0.05) is 17.5 Å². The molecule has 3 rings (SSSR count). The summed E-state index contributed by atoms with van der Waals surface area (Å²) >= 11 is 0. The van der Waals surface area contributed by atoms with Crippen LogP contribution in [0.1, 0.15) is 121 Å². The number of para-hydroxylation sites is 1. The number of pyridine rings is 1. The Morgan fingerprint density at radius 2 is 1.41 bits per heavy atom. The molecule has 0 aliphatic heterocycles. The lowest BCUT2D eigenvalue weighted by molar-refractivity contribution is -0.116. The number of benzene rings is 1. The van der Waals surface area contributed by atoms with Crippen molar-refractivity contribution in [2.75, 3.05) is 5.32 Å². The molecule has 0 unspecified atom stereocenters. The highest BCUT2D eigenvalue weighted by Gasteiger charge is 2.19. The van der Waals surface area contributed by atoms with Gasteiger partial charge < -0.3 is 5.32 Å². The number of aryl methyl sites for hydroxylation is 1. The lowest BCUT2D eigenvalue weighted by Crippen LogP contribution is -2.16. The zero-order valence-electron chi connectivity index (χ0n) is 20.4. The van der Waals surface area contributed by atoms with Gasteiger partial charge in [-0.25, -0.2) is 0 Å². The Hall–Kier alpha value is -1.90. The van der Waals surface area contributed by atoms with Crippen molar-refractivity contribution in [1.29, 1.82) is 0 Å². The number of amides is 1. The van der Waals surface area contributed by atoms with E-state index in [1.807, 2.05) is 12.1 Å². The van der Waals surface area contributed by atoms with Crippen LogP contribution in [0, 0.1) is 0 Å². The van der Waals surface area contributed by atoms with Gasteiger partial charge >= 0.3 is 0 Å². The van der Waals surface area contributed by atoms with Gasteiger partial charge in [0.15, 0.2) is 0 Å². The van der Waals surface area contributed by atoms with Crippen molar-refractivity contribution < 1.29 is 4.79 Å². The number of carbonyl (C=O) groups excluding carboxylic acids is 1. The van der Waals surface area contributed by atoms with E-state index in [1.165, 1.54) is 101 Å².